The molecule has 0 aliphatic carbocycles. The van der Waals surface area contributed by atoms with E-state index in [1.54, 1.807) is 0 Å². The van der Waals surface area contributed by atoms with Crippen molar-refractivity contribution in [2.75, 3.05) is 13.1 Å². The van der Waals surface area contributed by atoms with Gasteiger partial charge in [-0.25, -0.2) is 4.98 Å². The summed E-state index contributed by atoms with van der Waals surface area (Å²) >= 11 is 0. The van der Waals surface area contributed by atoms with Gasteiger partial charge in [-0.15, -0.1) is 0 Å². The van der Waals surface area contributed by atoms with Gasteiger partial charge < -0.3 is 9.73 Å². The fourth-order valence-electron chi connectivity index (χ4n) is 1.21. The van der Waals surface area contributed by atoms with Crippen LogP contribution in [0.5, 0.6) is 0 Å². The van der Waals surface area contributed by atoms with Crippen LogP contribution in [-0.2, 0) is 12.8 Å². The number of rotatable bonds is 6. The zero-order valence-electron chi connectivity index (χ0n) is 9.34. The van der Waals surface area contributed by atoms with Gasteiger partial charge in [-0.2, -0.15) is 0 Å². The molecule has 0 aliphatic heterocycles. The first kappa shape index (κ1) is 11.2. The van der Waals surface area contributed by atoms with Gasteiger partial charge >= 0.3 is 0 Å². The molecule has 3 heteroatoms. The van der Waals surface area contributed by atoms with Crippen LogP contribution in [0.15, 0.2) is 10.6 Å². The van der Waals surface area contributed by atoms with E-state index in [1.807, 2.05) is 6.20 Å². The third-order valence-corrected chi connectivity index (χ3v) is 2.02. The van der Waals surface area contributed by atoms with Crippen molar-refractivity contribution in [3.8, 4) is 0 Å². The molecule has 0 fully saturated rings. The Kier molecular flexibility index (Phi) is 4.66. The van der Waals surface area contributed by atoms with E-state index in [0.717, 1.165) is 37.6 Å². The Morgan fingerprint density at radius 2 is 2.29 bits per heavy atom. The number of aryl methyl sites for hydroxylation is 1. The topological polar surface area (TPSA) is 38.1 Å². The first-order valence-corrected chi connectivity index (χ1v) is 5.36. The lowest BCUT2D eigenvalue weighted by molar-refractivity contribution is 0.447. The molecule has 0 radical (unpaired) electrons. The zero-order chi connectivity index (χ0) is 10.4. The van der Waals surface area contributed by atoms with Crippen LogP contribution in [0.3, 0.4) is 0 Å². The second-order valence-corrected chi connectivity index (χ2v) is 3.92. The van der Waals surface area contributed by atoms with Crippen LogP contribution in [-0.4, -0.2) is 18.1 Å². The van der Waals surface area contributed by atoms with Gasteiger partial charge in [0, 0.05) is 19.4 Å². The molecule has 1 aromatic rings. The predicted molar refractivity (Wildman–Crippen MR) is 57.3 cm³/mol. The van der Waals surface area contributed by atoms with Crippen molar-refractivity contribution in [3.63, 3.8) is 0 Å². The molecule has 0 saturated heterocycles. The minimum Gasteiger partial charge on any atom is -0.446 e. The van der Waals surface area contributed by atoms with Crippen LogP contribution < -0.4 is 5.32 Å². The van der Waals surface area contributed by atoms with Crippen LogP contribution >= 0.6 is 0 Å². The summed E-state index contributed by atoms with van der Waals surface area (Å²) in [6.45, 7) is 8.48. The molecule has 0 aromatic carbocycles. The number of nitrogens with one attached hydrogen (secondary N) is 1. The van der Waals surface area contributed by atoms with Gasteiger partial charge in [0.25, 0.3) is 0 Å². The largest absolute Gasteiger partial charge is 0.446 e. The highest BCUT2D eigenvalue weighted by Crippen LogP contribution is 2.04. The van der Waals surface area contributed by atoms with E-state index in [1.165, 1.54) is 0 Å². The Morgan fingerprint density at radius 1 is 1.50 bits per heavy atom. The monoisotopic (exact) mass is 196 g/mol. The van der Waals surface area contributed by atoms with Crippen LogP contribution in [0.25, 0.3) is 0 Å². The molecule has 0 saturated carbocycles. The molecule has 1 heterocycles. The standard InChI is InChI=1S/C11H20N2O/c1-4-10-8-13-11(14-10)5-6-12-7-9(2)3/h8-9,12H,4-7H2,1-3H3. The molecule has 80 valence electrons. The summed E-state index contributed by atoms with van der Waals surface area (Å²) in [6, 6.07) is 0. The average molecular weight is 196 g/mol. The minimum absolute atomic E-state index is 0.700. The quantitative estimate of drug-likeness (QED) is 0.707. The zero-order valence-corrected chi connectivity index (χ0v) is 9.34. The van der Waals surface area contributed by atoms with Gasteiger partial charge in [-0.05, 0) is 12.5 Å². The second kappa shape index (κ2) is 5.81. The summed E-state index contributed by atoms with van der Waals surface area (Å²) in [5, 5.41) is 3.36. The average Bonchev–Trinajstić information content (AvgIpc) is 2.60. The van der Waals surface area contributed by atoms with Gasteiger partial charge in [-0.1, -0.05) is 20.8 Å². The van der Waals surface area contributed by atoms with Gasteiger partial charge in [-0.3, -0.25) is 0 Å². The predicted octanol–water partition coefficient (Wildman–Crippen LogP) is 2.03. The van der Waals surface area contributed by atoms with Crippen molar-refractivity contribution >= 4 is 0 Å². The fourth-order valence-corrected chi connectivity index (χ4v) is 1.21. The molecule has 0 amide bonds. The summed E-state index contributed by atoms with van der Waals surface area (Å²) in [5.74, 6) is 2.52. The van der Waals surface area contributed by atoms with Crippen LogP contribution in [0.1, 0.15) is 32.4 Å². The number of nitrogens with zero attached hydrogens (tertiary/aromatic N) is 1. The Balaban J connectivity index is 2.18. The highest BCUT2D eigenvalue weighted by atomic mass is 16.4. The second-order valence-electron chi connectivity index (χ2n) is 3.92. The Labute approximate surface area is 85.9 Å². The van der Waals surface area contributed by atoms with Crippen LogP contribution in [0.4, 0.5) is 0 Å². The lowest BCUT2D eigenvalue weighted by Crippen LogP contribution is -2.22. The summed E-state index contributed by atoms with van der Waals surface area (Å²) < 4.78 is 5.49. The summed E-state index contributed by atoms with van der Waals surface area (Å²) in [6.07, 6.45) is 3.62. The lowest BCUT2D eigenvalue weighted by Gasteiger charge is -2.05. The van der Waals surface area contributed by atoms with E-state index in [9.17, 15) is 0 Å². The maximum absolute atomic E-state index is 5.49. The van der Waals surface area contributed by atoms with Gasteiger partial charge in [0.15, 0.2) is 5.89 Å². The Hall–Kier alpha value is -0.830. The van der Waals surface area contributed by atoms with E-state index in [0.29, 0.717) is 5.92 Å². The third-order valence-electron chi connectivity index (χ3n) is 2.02. The lowest BCUT2D eigenvalue weighted by atomic mass is 10.2. The third kappa shape index (κ3) is 3.92. The highest BCUT2D eigenvalue weighted by Gasteiger charge is 2.01. The molecule has 1 aromatic heterocycles. The SMILES string of the molecule is CCc1cnc(CCNCC(C)C)o1. The van der Waals surface area contributed by atoms with E-state index in [2.05, 4.69) is 31.1 Å². The van der Waals surface area contributed by atoms with Crippen molar-refractivity contribution < 1.29 is 4.42 Å². The molecule has 0 bridgehead atoms. The van der Waals surface area contributed by atoms with Gasteiger partial charge in [0.1, 0.15) is 5.76 Å². The first-order chi connectivity index (χ1) is 6.72. The number of hydrogen-bond donors (Lipinski definition) is 1. The van der Waals surface area contributed by atoms with Crippen molar-refractivity contribution in [3.05, 3.63) is 17.8 Å². The maximum Gasteiger partial charge on any atom is 0.195 e. The molecule has 0 atom stereocenters. The molecule has 0 unspecified atom stereocenters. The van der Waals surface area contributed by atoms with Crippen molar-refractivity contribution in [2.45, 2.75) is 33.6 Å². The first-order valence-electron chi connectivity index (χ1n) is 5.36. The molecular formula is C11H20N2O. The van der Waals surface area contributed by atoms with Crippen molar-refractivity contribution in [1.29, 1.82) is 0 Å². The molecule has 0 aliphatic rings. The number of aromatic nitrogens is 1. The van der Waals surface area contributed by atoms with Gasteiger partial charge in [0.05, 0.1) is 6.20 Å². The summed E-state index contributed by atoms with van der Waals surface area (Å²) in [7, 11) is 0. The minimum atomic E-state index is 0.700. The maximum atomic E-state index is 5.49. The van der Waals surface area contributed by atoms with Gasteiger partial charge in [0.2, 0.25) is 0 Å². The van der Waals surface area contributed by atoms with Crippen LogP contribution in [0.2, 0.25) is 0 Å². The molecule has 14 heavy (non-hydrogen) atoms. The normalized spacial score (nSPS) is 11.1. The molecule has 1 N–H and O–H groups in total. The molecular weight excluding hydrogens is 176 g/mol. The van der Waals surface area contributed by atoms with E-state index in [4.69, 9.17) is 4.42 Å². The Bertz CT molecular complexity index is 256. The van der Waals surface area contributed by atoms with E-state index >= 15 is 0 Å². The van der Waals surface area contributed by atoms with E-state index < -0.39 is 0 Å². The molecule has 0 spiro atoms. The Morgan fingerprint density at radius 3 is 2.86 bits per heavy atom. The van der Waals surface area contributed by atoms with Crippen molar-refractivity contribution in [1.82, 2.24) is 10.3 Å². The number of oxazole rings is 1. The number of hydrogen-bond acceptors (Lipinski definition) is 3. The smallest absolute Gasteiger partial charge is 0.195 e. The molecule has 1 rings (SSSR count). The summed E-state index contributed by atoms with van der Waals surface area (Å²) in [4.78, 5) is 4.20. The van der Waals surface area contributed by atoms with Crippen LogP contribution in [0, 0.1) is 5.92 Å². The highest BCUT2D eigenvalue weighted by molar-refractivity contribution is 4.93. The van der Waals surface area contributed by atoms with Crippen molar-refractivity contribution in [2.24, 2.45) is 5.92 Å². The molecule has 3 nitrogen and oxygen atoms in total. The fraction of sp³-hybridized carbons (Fsp3) is 0.727. The summed E-state index contributed by atoms with van der Waals surface area (Å²) in [5.41, 5.74) is 0. The van der Waals surface area contributed by atoms with E-state index in [-0.39, 0.29) is 0 Å².